The standard InChI is InChI=1S/C20H23NO4/c1-20(2,3)25-19(24)21-17(13-18(22)23)16-11-9-15(10-12-16)14-7-5-4-6-8-14/h4-12,17H,13H2,1-3H3,(H,21,24)(H,22,23). The third-order valence-corrected chi connectivity index (χ3v) is 3.49. The van der Waals surface area contributed by atoms with Crippen LogP contribution in [-0.4, -0.2) is 22.8 Å². The summed E-state index contributed by atoms with van der Waals surface area (Å²) in [4.78, 5) is 23.1. The van der Waals surface area contributed by atoms with E-state index in [0.29, 0.717) is 5.56 Å². The molecule has 1 unspecified atom stereocenters. The normalized spacial score (nSPS) is 12.3. The zero-order valence-corrected chi connectivity index (χ0v) is 14.7. The Morgan fingerprint density at radius 3 is 2.08 bits per heavy atom. The van der Waals surface area contributed by atoms with E-state index in [-0.39, 0.29) is 6.42 Å². The van der Waals surface area contributed by atoms with Crippen LogP contribution in [0.4, 0.5) is 4.79 Å². The number of carbonyl (C=O) groups is 2. The van der Waals surface area contributed by atoms with E-state index in [9.17, 15) is 9.59 Å². The number of carboxylic acids is 1. The number of hydrogen-bond donors (Lipinski definition) is 2. The first-order valence-electron chi connectivity index (χ1n) is 8.11. The second-order valence-electron chi connectivity index (χ2n) is 6.78. The van der Waals surface area contributed by atoms with Crippen LogP contribution in [0, 0.1) is 0 Å². The van der Waals surface area contributed by atoms with Crippen molar-refractivity contribution in [3.05, 3.63) is 60.2 Å². The largest absolute Gasteiger partial charge is 0.481 e. The van der Waals surface area contributed by atoms with Crippen LogP contribution in [0.15, 0.2) is 54.6 Å². The molecule has 0 heterocycles. The average Bonchev–Trinajstić information content (AvgIpc) is 2.53. The fraction of sp³-hybridized carbons (Fsp3) is 0.300. The Morgan fingerprint density at radius 1 is 1.00 bits per heavy atom. The summed E-state index contributed by atoms with van der Waals surface area (Å²) in [6, 6.07) is 16.7. The Bertz CT molecular complexity index is 718. The van der Waals surface area contributed by atoms with E-state index in [1.54, 1.807) is 20.8 Å². The van der Waals surface area contributed by atoms with Gasteiger partial charge in [0.25, 0.3) is 0 Å². The molecule has 0 aliphatic rings. The van der Waals surface area contributed by atoms with Crippen molar-refractivity contribution in [2.24, 2.45) is 0 Å². The lowest BCUT2D eigenvalue weighted by molar-refractivity contribution is -0.137. The van der Waals surface area contributed by atoms with E-state index < -0.39 is 23.7 Å². The minimum Gasteiger partial charge on any atom is -0.481 e. The van der Waals surface area contributed by atoms with Crippen LogP contribution in [0.5, 0.6) is 0 Å². The zero-order valence-electron chi connectivity index (χ0n) is 14.7. The van der Waals surface area contributed by atoms with E-state index in [1.165, 1.54) is 0 Å². The molecule has 2 aromatic carbocycles. The summed E-state index contributed by atoms with van der Waals surface area (Å²) in [6.45, 7) is 5.27. The van der Waals surface area contributed by atoms with Gasteiger partial charge in [0.1, 0.15) is 5.60 Å². The van der Waals surface area contributed by atoms with E-state index in [0.717, 1.165) is 11.1 Å². The van der Waals surface area contributed by atoms with Crippen molar-refractivity contribution < 1.29 is 19.4 Å². The van der Waals surface area contributed by atoms with Crippen LogP contribution in [0.2, 0.25) is 0 Å². The molecule has 5 heteroatoms. The number of carboxylic acid groups (broad SMARTS) is 1. The van der Waals surface area contributed by atoms with E-state index >= 15 is 0 Å². The third-order valence-electron chi connectivity index (χ3n) is 3.49. The Balaban J connectivity index is 2.17. The Morgan fingerprint density at radius 2 is 1.56 bits per heavy atom. The van der Waals surface area contributed by atoms with Crippen LogP contribution in [0.25, 0.3) is 11.1 Å². The van der Waals surface area contributed by atoms with Crippen molar-refractivity contribution in [3.8, 4) is 11.1 Å². The summed E-state index contributed by atoms with van der Waals surface area (Å²) < 4.78 is 5.22. The lowest BCUT2D eigenvalue weighted by atomic mass is 9.99. The number of ether oxygens (including phenoxy) is 1. The van der Waals surface area contributed by atoms with Gasteiger partial charge in [0.05, 0.1) is 12.5 Å². The van der Waals surface area contributed by atoms with Gasteiger partial charge in [-0.25, -0.2) is 4.79 Å². The summed E-state index contributed by atoms with van der Waals surface area (Å²) in [6.07, 6.45) is -0.852. The minimum absolute atomic E-state index is 0.218. The molecule has 0 aliphatic carbocycles. The Labute approximate surface area is 147 Å². The summed E-state index contributed by atoms with van der Waals surface area (Å²) in [5.41, 5.74) is 2.17. The highest BCUT2D eigenvalue weighted by Gasteiger charge is 2.22. The van der Waals surface area contributed by atoms with Crippen molar-refractivity contribution in [3.63, 3.8) is 0 Å². The summed E-state index contributed by atoms with van der Waals surface area (Å²) in [5, 5.41) is 11.8. The molecule has 25 heavy (non-hydrogen) atoms. The van der Waals surface area contributed by atoms with E-state index in [4.69, 9.17) is 9.84 Å². The molecule has 0 saturated carbocycles. The van der Waals surface area contributed by atoms with Gasteiger partial charge >= 0.3 is 12.1 Å². The number of benzene rings is 2. The van der Waals surface area contributed by atoms with Gasteiger partial charge in [-0.15, -0.1) is 0 Å². The number of carbonyl (C=O) groups excluding carboxylic acids is 1. The molecule has 0 radical (unpaired) electrons. The smallest absolute Gasteiger partial charge is 0.408 e. The van der Waals surface area contributed by atoms with Crippen molar-refractivity contribution >= 4 is 12.1 Å². The highest BCUT2D eigenvalue weighted by atomic mass is 16.6. The first-order chi connectivity index (χ1) is 11.7. The maximum Gasteiger partial charge on any atom is 0.408 e. The predicted molar refractivity (Wildman–Crippen MR) is 96.2 cm³/mol. The molecular weight excluding hydrogens is 318 g/mol. The SMILES string of the molecule is CC(C)(C)OC(=O)NC(CC(=O)O)c1ccc(-c2ccccc2)cc1. The number of rotatable bonds is 5. The number of nitrogens with one attached hydrogen (secondary N) is 1. The highest BCUT2D eigenvalue weighted by molar-refractivity contribution is 5.72. The fourth-order valence-corrected chi connectivity index (χ4v) is 2.42. The van der Waals surface area contributed by atoms with Crippen molar-refractivity contribution in [1.29, 1.82) is 0 Å². The molecule has 1 amide bonds. The fourth-order valence-electron chi connectivity index (χ4n) is 2.42. The van der Waals surface area contributed by atoms with Crippen LogP contribution in [0.3, 0.4) is 0 Å². The molecule has 0 aromatic heterocycles. The molecular formula is C20H23NO4. The number of hydrogen-bond acceptors (Lipinski definition) is 3. The van der Waals surface area contributed by atoms with Gasteiger partial charge in [-0.1, -0.05) is 54.6 Å². The van der Waals surface area contributed by atoms with Gasteiger partial charge in [-0.05, 0) is 37.5 Å². The minimum atomic E-state index is -0.992. The lowest BCUT2D eigenvalue weighted by Crippen LogP contribution is -2.35. The quantitative estimate of drug-likeness (QED) is 0.845. The summed E-state index contributed by atoms with van der Waals surface area (Å²) >= 11 is 0. The Kier molecular flexibility index (Phi) is 5.80. The molecule has 132 valence electrons. The number of amides is 1. The third kappa shape index (κ3) is 5.95. The first-order valence-corrected chi connectivity index (χ1v) is 8.11. The van der Waals surface area contributed by atoms with E-state index in [2.05, 4.69) is 5.32 Å². The maximum absolute atomic E-state index is 12.0. The van der Waals surface area contributed by atoms with Crippen LogP contribution >= 0.6 is 0 Å². The highest BCUT2D eigenvalue weighted by Crippen LogP contribution is 2.24. The molecule has 0 saturated heterocycles. The van der Waals surface area contributed by atoms with Crippen LogP contribution in [0.1, 0.15) is 38.8 Å². The monoisotopic (exact) mass is 341 g/mol. The van der Waals surface area contributed by atoms with Gasteiger partial charge < -0.3 is 15.2 Å². The van der Waals surface area contributed by atoms with Crippen molar-refractivity contribution in [2.75, 3.05) is 0 Å². The second kappa shape index (κ2) is 7.83. The summed E-state index contributed by atoms with van der Waals surface area (Å²) in [5.74, 6) is -0.992. The number of alkyl carbamates (subject to hydrolysis) is 1. The van der Waals surface area contributed by atoms with Crippen LogP contribution in [-0.2, 0) is 9.53 Å². The van der Waals surface area contributed by atoms with Gasteiger partial charge in [-0.3, -0.25) is 4.79 Å². The average molecular weight is 341 g/mol. The molecule has 0 bridgehead atoms. The molecule has 0 aliphatic heterocycles. The molecule has 1 atom stereocenters. The molecule has 0 fully saturated rings. The van der Waals surface area contributed by atoms with Gasteiger partial charge in [0.2, 0.25) is 0 Å². The molecule has 2 N–H and O–H groups in total. The topological polar surface area (TPSA) is 75.6 Å². The van der Waals surface area contributed by atoms with Gasteiger partial charge in [0.15, 0.2) is 0 Å². The van der Waals surface area contributed by atoms with Crippen LogP contribution < -0.4 is 5.32 Å². The van der Waals surface area contributed by atoms with Crippen molar-refractivity contribution in [2.45, 2.75) is 38.8 Å². The lowest BCUT2D eigenvalue weighted by Gasteiger charge is -2.23. The molecule has 0 spiro atoms. The van der Waals surface area contributed by atoms with Crippen molar-refractivity contribution in [1.82, 2.24) is 5.32 Å². The second-order valence-corrected chi connectivity index (χ2v) is 6.78. The van der Waals surface area contributed by atoms with Gasteiger partial charge in [0, 0.05) is 0 Å². The maximum atomic E-state index is 12.0. The predicted octanol–water partition coefficient (Wildman–Crippen LogP) is 4.39. The number of aliphatic carboxylic acids is 1. The van der Waals surface area contributed by atoms with E-state index in [1.807, 2.05) is 54.6 Å². The molecule has 5 nitrogen and oxygen atoms in total. The first kappa shape index (κ1) is 18.5. The van der Waals surface area contributed by atoms with Gasteiger partial charge in [-0.2, -0.15) is 0 Å². The molecule has 2 rings (SSSR count). The molecule has 2 aromatic rings. The zero-order chi connectivity index (χ0) is 18.4. The Hall–Kier alpha value is -2.82. The summed E-state index contributed by atoms with van der Waals surface area (Å²) in [7, 11) is 0.